The zero-order valence-corrected chi connectivity index (χ0v) is 14.6. The molecule has 1 aliphatic rings. The summed E-state index contributed by atoms with van der Waals surface area (Å²) in [4.78, 5) is 20.1. The molecule has 138 valence electrons. The second-order valence-electron chi connectivity index (χ2n) is 5.98. The topological polar surface area (TPSA) is 65.8 Å². The van der Waals surface area contributed by atoms with E-state index < -0.39 is 11.6 Å². The molecule has 26 heavy (non-hydrogen) atoms. The van der Waals surface area contributed by atoms with Crippen molar-refractivity contribution in [2.24, 2.45) is 12.0 Å². The molecule has 1 aromatic carbocycles. The van der Waals surface area contributed by atoms with Gasteiger partial charge in [0.25, 0.3) is 0 Å². The van der Waals surface area contributed by atoms with Crippen LogP contribution >= 0.6 is 0 Å². The first-order valence-corrected chi connectivity index (χ1v) is 8.16. The molecule has 1 aromatic heterocycles. The van der Waals surface area contributed by atoms with Gasteiger partial charge in [-0.15, -0.1) is 0 Å². The number of carbonyl (C=O) groups excluding carboxylic acids is 1. The molecule has 2 aromatic rings. The average Bonchev–Trinajstić information content (AvgIpc) is 3.03. The fraction of sp³-hybridized carbons (Fsp3) is 0.353. The van der Waals surface area contributed by atoms with Crippen LogP contribution in [0.2, 0.25) is 0 Å². The molecule has 0 unspecified atom stereocenters. The van der Waals surface area contributed by atoms with E-state index in [1.807, 2.05) is 0 Å². The van der Waals surface area contributed by atoms with Gasteiger partial charge in [0.2, 0.25) is 5.91 Å². The lowest BCUT2D eigenvalue weighted by atomic mass is 10.2. The number of amides is 1. The summed E-state index contributed by atoms with van der Waals surface area (Å²) in [7, 11) is 3.39. The SMILES string of the molecule is CN=C(NCc1ccc(F)cc1F)N1CCN(c2cnn(C)c2)C(=O)C1. The molecular formula is C17H20F2N6O. The number of aryl methyl sites for hydroxylation is 1. The van der Waals surface area contributed by atoms with Crippen LogP contribution in [0, 0.1) is 11.6 Å². The van der Waals surface area contributed by atoms with Crippen LogP contribution in [0.4, 0.5) is 14.5 Å². The molecule has 0 spiro atoms. The number of anilines is 1. The smallest absolute Gasteiger partial charge is 0.246 e. The van der Waals surface area contributed by atoms with Crippen molar-refractivity contribution < 1.29 is 13.6 Å². The van der Waals surface area contributed by atoms with Crippen molar-refractivity contribution in [2.45, 2.75) is 6.54 Å². The molecule has 2 heterocycles. The Hall–Kier alpha value is -2.97. The fourth-order valence-electron chi connectivity index (χ4n) is 2.85. The Bertz CT molecular complexity index is 834. The first-order valence-electron chi connectivity index (χ1n) is 8.16. The van der Waals surface area contributed by atoms with Crippen LogP contribution in [0.3, 0.4) is 0 Å². The van der Waals surface area contributed by atoms with Gasteiger partial charge in [-0.1, -0.05) is 6.07 Å². The highest BCUT2D eigenvalue weighted by molar-refractivity contribution is 5.98. The third-order valence-electron chi connectivity index (χ3n) is 4.19. The first kappa shape index (κ1) is 17.8. The van der Waals surface area contributed by atoms with Gasteiger partial charge < -0.3 is 15.1 Å². The lowest BCUT2D eigenvalue weighted by Crippen LogP contribution is -2.55. The predicted octanol–water partition coefficient (Wildman–Crippen LogP) is 1.12. The third kappa shape index (κ3) is 3.81. The van der Waals surface area contributed by atoms with E-state index in [0.717, 1.165) is 11.8 Å². The van der Waals surface area contributed by atoms with Gasteiger partial charge in [0.05, 0.1) is 11.9 Å². The first-order chi connectivity index (χ1) is 12.5. The highest BCUT2D eigenvalue weighted by atomic mass is 19.1. The molecule has 3 rings (SSSR count). The van der Waals surface area contributed by atoms with E-state index in [2.05, 4.69) is 15.4 Å². The molecule has 0 bridgehead atoms. The van der Waals surface area contributed by atoms with Crippen LogP contribution < -0.4 is 10.2 Å². The number of hydrogen-bond acceptors (Lipinski definition) is 3. The van der Waals surface area contributed by atoms with Crippen molar-refractivity contribution in [1.29, 1.82) is 0 Å². The van der Waals surface area contributed by atoms with Gasteiger partial charge in [0.15, 0.2) is 5.96 Å². The van der Waals surface area contributed by atoms with Crippen LogP contribution in [-0.2, 0) is 18.4 Å². The number of carbonyl (C=O) groups is 1. The van der Waals surface area contributed by atoms with Crippen LogP contribution in [0.25, 0.3) is 0 Å². The minimum atomic E-state index is -0.620. The van der Waals surface area contributed by atoms with E-state index >= 15 is 0 Å². The Morgan fingerprint density at radius 2 is 2.15 bits per heavy atom. The number of hydrogen-bond donors (Lipinski definition) is 1. The summed E-state index contributed by atoms with van der Waals surface area (Å²) in [5.41, 5.74) is 1.08. The minimum absolute atomic E-state index is 0.0693. The van der Waals surface area contributed by atoms with Gasteiger partial charge in [-0.25, -0.2) is 8.78 Å². The number of nitrogens with zero attached hydrogens (tertiary/aromatic N) is 5. The van der Waals surface area contributed by atoms with Gasteiger partial charge in [0.1, 0.15) is 18.2 Å². The zero-order valence-electron chi connectivity index (χ0n) is 14.6. The Morgan fingerprint density at radius 3 is 2.77 bits per heavy atom. The summed E-state index contributed by atoms with van der Waals surface area (Å²) >= 11 is 0. The summed E-state index contributed by atoms with van der Waals surface area (Å²) in [6, 6.07) is 3.44. The summed E-state index contributed by atoms with van der Waals surface area (Å²) in [5.74, 6) is -0.814. The molecule has 9 heteroatoms. The van der Waals surface area contributed by atoms with Crippen LogP contribution in [0.1, 0.15) is 5.56 Å². The van der Waals surface area contributed by atoms with Crippen LogP contribution in [0.5, 0.6) is 0 Å². The van der Waals surface area contributed by atoms with Gasteiger partial charge in [-0.05, 0) is 6.07 Å². The van der Waals surface area contributed by atoms with Gasteiger partial charge >= 0.3 is 0 Å². The largest absolute Gasteiger partial charge is 0.352 e. The standard InChI is InChI=1S/C17H20F2N6O/c1-20-17(21-8-12-3-4-13(18)7-15(12)19)24-5-6-25(16(26)11-24)14-9-22-23(2)10-14/h3-4,7,9-10H,5-6,8,11H2,1-2H3,(H,20,21). The van der Waals surface area contributed by atoms with E-state index in [1.54, 1.807) is 41.0 Å². The lowest BCUT2D eigenvalue weighted by Gasteiger charge is -2.35. The van der Waals surface area contributed by atoms with Gasteiger partial charge in [-0.2, -0.15) is 5.10 Å². The maximum atomic E-state index is 13.7. The van der Waals surface area contributed by atoms with E-state index in [0.29, 0.717) is 24.6 Å². The maximum Gasteiger partial charge on any atom is 0.246 e. The second kappa shape index (κ2) is 7.51. The summed E-state index contributed by atoms with van der Waals surface area (Å²) in [5, 5.41) is 7.11. The molecule has 1 fully saturated rings. The van der Waals surface area contributed by atoms with Crippen LogP contribution in [-0.4, -0.2) is 53.2 Å². The molecule has 0 atom stereocenters. The zero-order chi connectivity index (χ0) is 18.7. The molecule has 1 N–H and O–H groups in total. The van der Waals surface area contributed by atoms with Crippen molar-refractivity contribution in [3.05, 3.63) is 47.8 Å². The fourth-order valence-corrected chi connectivity index (χ4v) is 2.85. The van der Waals surface area contributed by atoms with Crippen molar-refractivity contribution in [2.75, 3.05) is 31.6 Å². The second-order valence-corrected chi connectivity index (χ2v) is 5.98. The lowest BCUT2D eigenvalue weighted by molar-refractivity contribution is -0.120. The Labute approximate surface area is 149 Å². The number of guanidine groups is 1. The molecule has 0 aliphatic carbocycles. The molecule has 1 amide bonds. The Balaban J connectivity index is 1.62. The minimum Gasteiger partial charge on any atom is -0.352 e. The average molecular weight is 362 g/mol. The number of nitrogens with one attached hydrogen (secondary N) is 1. The van der Waals surface area contributed by atoms with E-state index in [1.165, 1.54) is 12.1 Å². The molecule has 1 saturated heterocycles. The molecule has 7 nitrogen and oxygen atoms in total. The maximum absolute atomic E-state index is 13.7. The van der Waals surface area contributed by atoms with Gasteiger partial charge in [-0.3, -0.25) is 14.5 Å². The van der Waals surface area contributed by atoms with Crippen LogP contribution in [0.15, 0.2) is 35.6 Å². The summed E-state index contributed by atoms with van der Waals surface area (Å²) in [6.07, 6.45) is 3.44. The number of halogens is 2. The normalized spacial score (nSPS) is 15.5. The Kier molecular flexibility index (Phi) is 5.15. The molecule has 0 radical (unpaired) electrons. The van der Waals surface area contributed by atoms with E-state index in [9.17, 15) is 13.6 Å². The number of piperazine rings is 1. The number of aliphatic imine (C=N–C) groups is 1. The Morgan fingerprint density at radius 1 is 1.35 bits per heavy atom. The number of benzene rings is 1. The molecule has 1 aliphatic heterocycles. The summed E-state index contributed by atoms with van der Waals surface area (Å²) in [6.45, 7) is 1.37. The quantitative estimate of drug-likeness (QED) is 0.657. The molecule has 0 saturated carbocycles. The number of aromatic nitrogens is 2. The van der Waals surface area contributed by atoms with E-state index in [-0.39, 0.29) is 19.0 Å². The van der Waals surface area contributed by atoms with Crippen molar-refractivity contribution in [3.8, 4) is 0 Å². The highest BCUT2D eigenvalue weighted by Gasteiger charge is 2.27. The summed E-state index contributed by atoms with van der Waals surface area (Å²) < 4.78 is 28.4. The predicted molar refractivity (Wildman–Crippen MR) is 93.7 cm³/mol. The van der Waals surface area contributed by atoms with Crippen molar-refractivity contribution in [1.82, 2.24) is 20.0 Å². The third-order valence-corrected chi connectivity index (χ3v) is 4.19. The van der Waals surface area contributed by atoms with Crippen molar-refractivity contribution in [3.63, 3.8) is 0 Å². The van der Waals surface area contributed by atoms with Gasteiger partial charge in [0, 0.05) is 51.6 Å². The number of rotatable bonds is 3. The monoisotopic (exact) mass is 362 g/mol. The van der Waals surface area contributed by atoms with E-state index in [4.69, 9.17) is 0 Å². The molecular weight excluding hydrogens is 342 g/mol. The van der Waals surface area contributed by atoms with Crippen molar-refractivity contribution >= 4 is 17.6 Å². The highest BCUT2D eigenvalue weighted by Crippen LogP contribution is 2.16.